The molecular weight excluding hydrogens is 102 g/mol. The van der Waals surface area contributed by atoms with Gasteiger partial charge in [-0.25, -0.2) is 0 Å². The van der Waals surface area contributed by atoms with Crippen LogP contribution in [0.4, 0.5) is 0 Å². The van der Waals surface area contributed by atoms with E-state index in [2.05, 4.69) is 11.2 Å². The number of hydrogen-bond donors (Lipinski definition) is 0. The van der Waals surface area contributed by atoms with Crippen molar-refractivity contribution in [2.75, 3.05) is 7.05 Å². The van der Waals surface area contributed by atoms with Crippen LogP contribution >= 0.6 is 0 Å². The van der Waals surface area contributed by atoms with E-state index in [4.69, 9.17) is 5.26 Å². The SMILES string of the molecule is CN1N=CCC1C#N. The summed E-state index contributed by atoms with van der Waals surface area (Å²) in [6.45, 7) is 0. The predicted molar refractivity (Wildman–Crippen MR) is 30.3 cm³/mol. The van der Waals surface area contributed by atoms with E-state index in [1.807, 2.05) is 0 Å². The summed E-state index contributed by atoms with van der Waals surface area (Å²) in [7, 11) is 1.80. The Kier molecular flexibility index (Phi) is 1.17. The number of nitrogens with zero attached hydrogens (tertiary/aromatic N) is 3. The summed E-state index contributed by atoms with van der Waals surface area (Å²) in [4.78, 5) is 0. The molecule has 0 amide bonds. The van der Waals surface area contributed by atoms with Crippen LogP contribution in [0.5, 0.6) is 0 Å². The van der Waals surface area contributed by atoms with Gasteiger partial charge in [0.2, 0.25) is 0 Å². The van der Waals surface area contributed by atoms with Gasteiger partial charge in [-0.05, 0) is 0 Å². The van der Waals surface area contributed by atoms with E-state index in [0.29, 0.717) is 0 Å². The summed E-state index contributed by atoms with van der Waals surface area (Å²) in [5, 5.41) is 13.9. The Hall–Kier alpha value is -1.04. The summed E-state index contributed by atoms with van der Waals surface area (Å²) in [6.07, 6.45) is 2.53. The largest absolute Gasteiger partial charge is 0.283 e. The van der Waals surface area contributed by atoms with Crippen molar-refractivity contribution in [3.63, 3.8) is 0 Å². The van der Waals surface area contributed by atoms with Gasteiger partial charge in [0.05, 0.1) is 6.07 Å². The number of hydrogen-bond acceptors (Lipinski definition) is 3. The Morgan fingerprint density at radius 2 is 2.75 bits per heavy atom. The van der Waals surface area contributed by atoms with Crippen LogP contribution in [0.15, 0.2) is 5.10 Å². The lowest BCUT2D eigenvalue weighted by Crippen LogP contribution is -2.19. The zero-order valence-electron chi connectivity index (χ0n) is 4.70. The minimum atomic E-state index is -0.0185. The molecular formula is C5H7N3. The monoisotopic (exact) mass is 109 g/mol. The summed E-state index contributed by atoms with van der Waals surface area (Å²) >= 11 is 0. The van der Waals surface area contributed by atoms with Gasteiger partial charge in [0.1, 0.15) is 6.04 Å². The van der Waals surface area contributed by atoms with Gasteiger partial charge in [-0.3, -0.25) is 5.01 Å². The molecule has 0 N–H and O–H groups in total. The minimum Gasteiger partial charge on any atom is -0.283 e. The highest BCUT2D eigenvalue weighted by atomic mass is 15.5. The molecule has 0 saturated heterocycles. The molecule has 3 nitrogen and oxygen atoms in total. The van der Waals surface area contributed by atoms with Crippen LogP contribution in [0, 0.1) is 11.3 Å². The second kappa shape index (κ2) is 1.83. The fourth-order valence-electron chi connectivity index (χ4n) is 0.645. The van der Waals surface area contributed by atoms with Gasteiger partial charge >= 0.3 is 0 Å². The van der Waals surface area contributed by atoms with Crippen LogP contribution in [0.3, 0.4) is 0 Å². The van der Waals surface area contributed by atoms with E-state index < -0.39 is 0 Å². The minimum absolute atomic E-state index is 0.0185. The molecule has 1 atom stereocenters. The number of rotatable bonds is 0. The van der Waals surface area contributed by atoms with E-state index in [1.54, 1.807) is 18.3 Å². The van der Waals surface area contributed by atoms with Gasteiger partial charge in [-0.15, -0.1) is 0 Å². The topological polar surface area (TPSA) is 39.4 Å². The smallest absolute Gasteiger partial charge is 0.138 e. The summed E-state index contributed by atoms with van der Waals surface area (Å²) in [5.41, 5.74) is 0. The second-order valence-corrected chi connectivity index (χ2v) is 1.75. The standard InChI is InChI=1S/C5H7N3/c1-8-5(4-6)2-3-7-8/h3,5H,2H2,1H3. The van der Waals surface area contributed by atoms with Gasteiger partial charge in [-0.1, -0.05) is 0 Å². The molecule has 1 heterocycles. The van der Waals surface area contributed by atoms with Crippen molar-refractivity contribution in [2.24, 2.45) is 5.10 Å². The maximum atomic E-state index is 8.36. The number of hydrazone groups is 1. The molecule has 0 aromatic carbocycles. The first-order valence-corrected chi connectivity index (χ1v) is 2.49. The molecule has 1 unspecified atom stereocenters. The van der Waals surface area contributed by atoms with Gasteiger partial charge in [0.15, 0.2) is 0 Å². The van der Waals surface area contributed by atoms with Crippen molar-refractivity contribution in [1.82, 2.24) is 5.01 Å². The fourth-order valence-corrected chi connectivity index (χ4v) is 0.645. The van der Waals surface area contributed by atoms with Gasteiger partial charge in [0.25, 0.3) is 0 Å². The van der Waals surface area contributed by atoms with Crippen LogP contribution in [0.1, 0.15) is 6.42 Å². The molecule has 3 heteroatoms. The maximum absolute atomic E-state index is 8.36. The Bertz CT molecular complexity index is 144. The van der Waals surface area contributed by atoms with Gasteiger partial charge < -0.3 is 0 Å². The van der Waals surface area contributed by atoms with Gasteiger partial charge in [-0.2, -0.15) is 10.4 Å². The van der Waals surface area contributed by atoms with E-state index in [9.17, 15) is 0 Å². The predicted octanol–water partition coefficient (Wildman–Crippen LogP) is 0.200. The molecule has 0 aromatic heterocycles. The average Bonchev–Trinajstić information content (AvgIpc) is 2.14. The van der Waals surface area contributed by atoms with Crippen molar-refractivity contribution >= 4 is 6.21 Å². The first kappa shape index (κ1) is 5.10. The van der Waals surface area contributed by atoms with E-state index in [1.165, 1.54) is 0 Å². The molecule has 0 aromatic rings. The highest BCUT2D eigenvalue weighted by Gasteiger charge is 2.14. The fraction of sp³-hybridized carbons (Fsp3) is 0.600. The lowest BCUT2D eigenvalue weighted by Gasteiger charge is -2.08. The zero-order valence-corrected chi connectivity index (χ0v) is 4.70. The molecule has 1 aliphatic heterocycles. The second-order valence-electron chi connectivity index (χ2n) is 1.75. The lowest BCUT2D eigenvalue weighted by atomic mass is 10.3. The lowest BCUT2D eigenvalue weighted by molar-refractivity contribution is 0.336. The molecule has 0 saturated carbocycles. The summed E-state index contributed by atoms with van der Waals surface area (Å²) in [5.74, 6) is 0. The third kappa shape index (κ3) is 0.648. The molecule has 1 rings (SSSR count). The first-order chi connectivity index (χ1) is 3.84. The third-order valence-corrected chi connectivity index (χ3v) is 1.19. The van der Waals surface area contributed by atoms with Crippen LogP contribution in [0.2, 0.25) is 0 Å². The molecule has 0 aliphatic carbocycles. The van der Waals surface area contributed by atoms with Gasteiger partial charge in [0, 0.05) is 19.7 Å². The Morgan fingerprint density at radius 3 is 3.00 bits per heavy atom. The average molecular weight is 109 g/mol. The highest BCUT2D eigenvalue weighted by molar-refractivity contribution is 5.60. The molecule has 42 valence electrons. The Morgan fingerprint density at radius 1 is 2.00 bits per heavy atom. The zero-order chi connectivity index (χ0) is 5.98. The molecule has 8 heavy (non-hydrogen) atoms. The number of nitriles is 1. The maximum Gasteiger partial charge on any atom is 0.138 e. The summed E-state index contributed by atoms with van der Waals surface area (Å²) in [6, 6.07) is 2.10. The molecule has 0 radical (unpaired) electrons. The van der Waals surface area contributed by atoms with Crippen molar-refractivity contribution in [2.45, 2.75) is 12.5 Å². The van der Waals surface area contributed by atoms with Crippen LogP contribution < -0.4 is 0 Å². The normalized spacial score (nSPS) is 26.0. The van der Waals surface area contributed by atoms with Crippen molar-refractivity contribution in [3.8, 4) is 6.07 Å². The van der Waals surface area contributed by atoms with Crippen LogP contribution in [-0.2, 0) is 0 Å². The van der Waals surface area contributed by atoms with E-state index >= 15 is 0 Å². The highest BCUT2D eigenvalue weighted by Crippen LogP contribution is 2.04. The molecule has 0 spiro atoms. The van der Waals surface area contributed by atoms with Crippen LogP contribution in [-0.4, -0.2) is 24.3 Å². The van der Waals surface area contributed by atoms with Crippen molar-refractivity contribution in [3.05, 3.63) is 0 Å². The van der Waals surface area contributed by atoms with Crippen molar-refractivity contribution < 1.29 is 0 Å². The van der Waals surface area contributed by atoms with Crippen molar-refractivity contribution in [1.29, 1.82) is 5.26 Å². The molecule has 0 fully saturated rings. The summed E-state index contributed by atoms with van der Waals surface area (Å²) < 4.78 is 0. The third-order valence-electron chi connectivity index (χ3n) is 1.19. The Labute approximate surface area is 48.2 Å². The molecule has 1 aliphatic rings. The first-order valence-electron chi connectivity index (χ1n) is 2.49. The van der Waals surface area contributed by atoms with E-state index in [0.717, 1.165) is 6.42 Å². The quantitative estimate of drug-likeness (QED) is 0.445. The Balaban J connectivity index is 2.54. The van der Waals surface area contributed by atoms with Crippen LogP contribution in [0.25, 0.3) is 0 Å². The molecule has 0 bridgehead atoms. The van der Waals surface area contributed by atoms with E-state index in [-0.39, 0.29) is 6.04 Å².